The minimum absolute atomic E-state index is 0.158. The number of anilines is 1. The molecule has 2 rings (SSSR count). The molecule has 16 heavy (non-hydrogen) atoms. The lowest BCUT2D eigenvalue weighted by Crippen LogP contribution is -2.02. The number of benzene rings is 1. The second-order valence-electron chi connectivity index (χ2n) is 3.31. The van der Waals surface area contributed by atoms with Crippen molar-refractivity contribution in [1.29, 1.82) is 0 Å². The number of nitrogens with one attached hydrogen (secondary N) is 1. The third kappa shape index (κ3) is 2.36. The molecule has 0 aliphatic carbocycles. The SMILES string of the molecule is Cc1nc(CNc2cccc(F)c2F)cs1. The Morgan fingerprint density at radius 3 is 2.88 bits per heavy atom. The molecular weight excluding hydrogens is 230 g/mol. The maximum absolute atomic E-state index is 13.3. The number of halogens is 2. The van der Waals surface area contributed by atoms with Crippen LogP contribution in [0.4, 0.5) is 14.5 Å². The van der Waals surface area contributed by atoms with Crippen molar-refractivity contribution in [1.82, 2.24) is 4.98 Å². The number of nitrogens with zero attached hydrogens (tertiary/aromatic N) is 1. The Labute approximate surface area is 96.0 Å². The summed E-state index contributed by atoms with van der Waals surface area (Å²) in [5, 5.41) is 5.66. The molecule has 0 fully saturated rings. The van der Waals surface area contributed by atoms with Gasteiger partial charge in [0.1, 0.15) is 0 Å². The normalized spacial score (nSPS) is 10.4. The molecule has 84 valence electrons. The van der Waals surface area contributed by atoms with E-state index in [0.29, 0.717) is 6.54 Å². The highest BCUT2D eigenvalue weighted by atomic mass is 32.1. The summed E-state index contributed by atoms with van der Waals surface area (Å²) >= 11 is 1.53. The standard InChI is InChI=1S/C11H10F2N2S/c1-7-15-8(6-16-7)5-14-10-4-2-3-9(12)11(10)13/h2-4,6,14H,5H2,1H3. The molecule has 2 nitrogen and oxygen atoms in total. The number of thiazole rings is 1. The number of aromatic nitrogens is 1. The lowest BCUT2D eigenvalue weighted by molar-refractivity contribution is 0.511. The number of hydrogen-bond acceptors (Lipinski definition) is 3. The van der Waals surface area contributed by atoms with E-state index < -0.39 is 11.6 Å². The highest BCUT2D eigenvalue weighted by Gasteiger charge is 2.07. The van der Waals surface area contributed by atoms with Crippen molar-refractivity contribution < 1.29 is 8.78 Å². The molecule has 0 radical (unpaired) electrons. The Hall–Kier alpha value is -1.49. The van der Waals surface area contributed by atoms with Crippen LogP contribution >= 0.6 is 11.3 Å². The summed E-state index contributed by atoms with van der Waals surface area (Å²) in [4.78, 5) is 4.22. The topological polar surface area (TPSA) is 24.9 Å². The highest BCUT2D eigenvalue weighted by Crippen LogP contribution is 2.17. The average Bonchev–Trinajstić information content (AvgIpc) is 2.67. The van der Waals surface area contributed by atoms with Crippen molar-refractivity contribution in [3.05, 3.63) is 45.9 Å². The van der Waals surface area contributed by atoms with Gasteiger partial charge in [0, 0.05) is 5.38 Å². The summed E-state index contributed by atoms with van der Waals surface area (Å²) in [6, 6.07) is 4.05. The zero-order valence-electron chi connectivity index (χ0n) is 8.63. The van der Waals surface area contributed by atoms with Crippen LogP contribution in [0.2, 0.25) is 0 Å². The maximum Gasteiger partial charge on any atom is 0.181 e. The first-order valence-corrected chi connectivity index (χ1v) is 5.63. The molecule has 0 saturated heterocycles. The van der Waals surface area contributed by atoms with Crippen molar-refractivity contribution in [3.63, 3.8) is 0 Å². The van der Waals surface area contributed by atoms with Gasteiger partial charge in [-0.25, -0.2) is 13.8 Å². The van der Waals surface area contributed by atoms with Gasteiger partial charge in [0.15, 0.2) is 11.6 Å². The lowest BCUT2D eigenvalue weighted by Gasteiger charge is -2.05. The monoisotopic (exact) mass is 240 g/mol. The first kappa shape index (κ1) is 11.0. The smallest absolute Gasteiger partial charge is 0.181 e. The molecule has 1 heterocycles. The first-order valence-electron chi connectivity index (χ1n) is 4.75. The number of hydrogen-bond donors (Lipinski definition) is 1. The van der Waals surface area contributed by atoms with Crippen LogP contribution < -0.4 is 5.32 Å². The fraction of sp³-hybridized carbons (Fsp3) is 0.182. The third-order valence-electron chi connectivity index (χ3n) is 2.08. The predicted molar refractivity (Wildman–Crippen MR) is 60.5 cm³/mol. The molecule has 0 aliphatic rings. The molecule has 0 aliphatic heterocycles. The van der Waals surface area contributed by atoms with Crippen molar-refractivity contribution >= 4 is 17.0 Å². The van der Waals surface area contributed by atoms with Gasteiger partial charge in [-0.3, -0.25) is 0 Å². The predicted octanol–water partition coefficient (Wildman–Crippen LogP) is 3.34. The van der Waals surface area contributed by atoms with Gasteiger partial charge in [0.25, 0.3) is 0 Å². The van der Waals surface area contributed by atoms with Gasteiger partial charge in [0.2, 0.25) is 0 Å². The van der Waals surface area contributed by atoms with Gasteiger partial charge in [-0.05, 0) is 19.1 Å². The molecule has 0 saturated carbocycles. The Morgan fingerprint density at radius 1 is 1.38 bits per heavy atom. The fourth-order valence-corrected chi connectivity index (χ4v) is 1.93. The van der Waals surface area contributed by atoms with Gasteiger partial charge in [-0.15, -0.1) is 11.3 Å². The molecule has 0 atom stereocenters. The minimum atomic E-state index is -0.852. The van der Waals surface area contributed by atoms with E-state index in [0.717, 1.165) is 16.8 Å². The summed E-state index contributed by atoms with van der Waals surface area (Å²) in [5.74, 6) is -1.70. The summed E-state index contributed by atoms with van der Waals surface area (Å²) < 4.78 is 26.1. The van der Waals surface area contributed by atoms with E-state index in [1.165, 1.54) is 23.5 Å². The molecule has 1 aromatic heterocycles. The van der Waals surface area contributed by atoms with E-state index >= 15 is 0 Å². The van der Waals surface area contributed by atoms with Gasteiger partial charge in [-0.2, -0.15) is 0 Å². The van der Waals surface area contributed by atoms with E-state index in [9.17, 15) is 8.78 Å². The Kier molecular flexibility index (Phi) is 3.14. The maximum atomic E-state index is 13.3. The Morgan fingerprint density at radius 2 is 2.19 bits per heavy atom. The van der Waals surface area contributed by atoms with Crippen LogP contribution in [0, 0.1) is 18.6 Å². The number of rotatable bonds is 3. The summed E-state index contributed by atoms with van der Waals surface area (Å²) in [7, 11) is 0. The molecule has 0 bridgehead atoms. The Balaban J connectivity index is 2.07. The molecule has 0 amide bonds. The second kappa shape index (κ2) is 4.57. The zero-order chi connectivity index (χ0) is 11.5. The number of aryl methyl sites for hydroxylation is 1. The average molecular weight is 240 g/mol. The summed E-state index contributed by atoms with van der Waals surface area (Å²) in [6.07, 6.45) is 0. The molecule has 1 N–H and O–H groups in total. The van der Waals surface area contributed by atoms with Crippen molar-refractivity contribution in [2.24, 2.45) is 0 Å². The van der Waals surface area contributed by atoms with Crippen LogP contribution in [-0.4, -0.2) is 4.98 Å². The Bertz CT molecular complexity index is 496. The van der Waals surface area contributed by atoms with Crippen LogP contribution in [0.3, 0.4) is 0 Å². The molecule has 2 aromatic rings. The summed E-state index contributed by atoms with van der Waals surface area (Å²) in [6.45, 7) is 2.29. The zero-order valence-corrected chi connectivity index (χ0v) is 9.44. The molecular formula is C11H10F2N2S. The van der Waals surface area contributed by atoms with E-state index in [-0.39, 0.29) is 5.69 Å². The van der Waals surface area contributed by atoms with Gasteiger partial charge < -0.3 is 5.32 Å². The quantitative estimate of drug-likeness (QED) is 0.890. The largest absolute Gasteiger partial charge is 0.377 e. The van der Waals surface area contributed by atoms with E-state index in [4.69, 9.17) is 0 Å². The van der Waals surface area contributed by atoms with Crippen molar-refractivity contribution in [2.45, 2.75) is 13.5 Å². The van der Waals surface area contributed by atoms with E-state index in [1.54, 1.807) is 0 Å². The van der Waals surface area contributed by atoms with Crippen LogP contribution in [0.5, 0.6) is 0 Å². The lowest BCUT2D eigenvalue weighted by atomic mass is 10.3. The second-order valence-corrected chi connectivity index (χ2v) is 4.38. The van der Waals surface area contributed by atoms with Gasteiger partial charge >= 0.3 is 0 Å². The van der Waals surface area contributed by atoms with Crippen LogP contribution in [0.1, 0.15) is 10.7 Å². The molecule has 5 heteroatoms. The van der Waals surface area contributed by atoms with Crippen LogP contribution in [-0.2, 0) is 6.54 Å². The van der Waals surface area contributed by atoms with Gasteiger partial charge in [0.05, 0.1) is 22.9 Å². The molecule has 0 spiro atoms. The van der Waals surface area contributed by atoms with Crippen LogP contribution in [0.25, 0.3) is 0 Å². The molecule has 0 unspecified atom stereocenters. The van der Waals surface area contributed by atoms with Gasteiger partial charge in [-0.1, -0.05) is 6.07 Å². The third-order valence-corrected chi connectivity index (χ3v) is 2.90. The summed E-state index contributed by atoms with van der Waals surface area (Å²) in [5.41, 5.74) is 0.983. The van der Waals surface area contributed by atoms with E-state index in [1.807, 2.05) is 12.3 Å². The highest BCUT2D eigenvalue weighted by molar-refractivity contribution is 7.09. The minimum Gasteiger partial charge on any atom is -0.377 e. The van der Waals surface area contributed by atoms with Crippen molar-refractivity contribution in [2.75, 3.05) is 5.32 Å². The van der Waals surface area contributed by atoms with E-state index in [2.05, 4.69) is 10.3 Å². The first-order chi connectivity index (χ1) is 7.66. The fourth-order valence-electron chi connectivity index (χ4n) is 1.32. The van der Waals surface area contributed by atoms with Crippen molar-refractivity contribution in [3.8, 4) is 0 Å². The molecule has 1 aromatic carbocycles. The van der Waals surface area contributed by atoms with Crippen LogP contribution in [0.15, 0.2) is 23.6 Å².